The standard InChI is InChI=1S/C30H30N6O4/c1-30(2,3)40-29(39)35-12-10-34(11-13-35)28(38)24-9-8-22(14-23(24)19-37)25-18-36-26(16-33-27(36)17-32-25)21-6-4-20(15-31)5-7-21/h4-9,14,16-18,37H,10-13,19H2,1-3H3. The van der Waals surface area contributed by atoms with Crippen molar-refractivity contribution in [3.63, 3.8) is 0 Å². The van der Waals surface area contributed by atoms with Crippen LogP contribution < -0.4 is 0 Å². The fraction of sp³-hybridized carbons (Fsp3) is 0.300. The van der Waals surface area contributed by atoms with Gasteiger partial charge in [-0.2, -0.15) is 5.26 Å². The number of fused-ring (bicyclic) bond motifs is 1. The van der Waals surface area contributed by atoms with Crippen molar-refractivity contribution < 1.29 is 19.4 Å². The van der Waals surface area contributed by atoms with Crippen molar-refractivity contribution in [2.24, 2.45) is 0 Å². The molecule has 0 unspecified atom stereocenters. The molecule has 1 aliphatic rings. The molecule has 4 aromatic rings. The zero-order chi connectivity index (χ0) is 28.4. The van der Waals surface area contributed by atoms with Gasteiger partial charge in [-0.3, -0.25) is 14.2 Å². The topological polar surface area (TPSA) is 124 Å². The molecule has 10 heteroatoms. The van der Waals surface area contributed by atoms with E-state index in [0.717, 1.165) is 16.8 Å². The summed E-state index contributed by atoms with van der Waals surface area (Å²) in [5.41, 5.74) is 4.74. The van der Waals surface area contributed by atoms with Crippen LogP contribution in [0.2, 0.25) is 0 Å². The van der Waals surface area contributed by atoms with Gasteiger partial charge in [0.2, 0.25) is 0 Å². The van der Waals surface area contributed by atoms with E-state index < -0.39 is 5.60 Å². The average molecular weight is 539 g/mol. The van der Waals surface area contributed by atoms with Gasteiger partial charge in [0.25, 0.3) is 5.91 Å². The van der Waals surface area contributed by atoms with Crippen LogP contribution in [0.25, 0.3) is 28.2 Å². The second-order valence-electron chi connectivity index (χ2n) is 10.6. The molecule has 2 aromatic heterocycles. The molecule has 0 saturated carbocycles. The molecule has 1 fully saturated rings. The lowest BCUT2D eigenvalue weighted by molar-refractivity contribution is 0.0140. The maximum atomic E-state index is 13.4. The number of imidazole rings is 1. The summed E-state index contributed by atoms with van der Waals surface area (Å²) in [5.74, 6) is -0.194. The van der Waals surface area contributed by atoms with Gasteiger partial charge < -0.3 is 19.6 Å². The minimum absolute atomic E-state index is 0.194. The van der Waals surface area contributed by atoms with Gasteiger partial charge in [0.1, 0.15) is 5.60 Å². The normalized spacial score (nSPS) is 13.8. The smallest absolute Gasteiger partial charge is 0.410 e. The fourth-order valence-electron chi connectivity index (χ4n) is 4.65. The van der Waals surface area contributed by atoms with E-state index >= 15 is 0 Å². The Kier molecular flexibility index (Phi) is 7.24. The third-order valence-electron chi connectivity index (χ3n) is 6.73. The molecular formula is C30H30N6O4. The molecule has 1 N–H and O–H groups in total. The number of aliphatic hydroxyl groups excluding tert-OH is 1. The Hall–Kier alpha value is -4.75. The van der Waals surface area contributed by atoms with Crippen LogP contribution in [0.4, 0.5) is 4.79 Å². The molecule has 3 heterocycles. The second kappa shape index (κ2) is 10.8. The lowest BCUT2D eigenvalue weighted by atomic mass is 10.0. The van der Waals surface area contributed by atoms with Crippen LogP contribution in [0.3, 0.4) is 0 Å². The van der Waals surface area contributed by atoms with Crippen LogP contribution in [0.15, 0.2) is 61.1 Å². The van der Waals surface area contributed by atoms with Gasteiger partial charge in [-0.15, -0.1) is 0 Å². The highest BCUT2D eigenvalue weighted by Crippen LogP contribution is 2.26. The second-order valence-corrected chi connectivity index (χ2v) is 10.6. The predicted octanol–water partition coefficient (Wildman–Crippen LogP) is 4.12. The Morgan fingerprint density at radius 2 is 1.65 bits per heavy atom. The first-order chi connectivity index (χ1) is 19.2. The number of nitriles is 1. The summed E-state index contributed by atoms with van der Waals surface area (Å²) in [6, 6.07) is 14.7. The largest absolute Gasteiger partial charge is 0.444 e. The van der Waals surface area contributed by atoms with Gasteiger partial charge in [0, 0.05) is 49.1 Å². The van der Waals surface area contributed by atoms with Crippen molar-refractivity contribution in [2.45, 2.75) is 33.0 Å². The molecule has 0 radical (unpaired) electrons. The van der Waals surface area contributed by atoms with E-state index in [1.807, 2.05) is 49.6 Å². The van der Waals surface area contributed by atoms with Crippen LogP contribution >= 0.6 is 0 Å². The molecule has 0 atom stereocenters. The number of rotatable bonds is 4. The first-order valence-electron chi connectivity index (χ1n) is 13.0. The summed E-state index contributed by atoms with van der Waals surface area (Å²) in [7, 11) is 0. The molecule has 2 aromatic carbocycles. The Labute approximate surface area is 232 Å². The third-order valence-corrected chi connectivity index (χ3v) is 6.73. The summed E-state index contributed by atoms with van der Waals surface area (Å²) in [5, 5.41) is 19.2. The van der Waals surface area contributed by atoms with Crippen LogP contribution in [0.5, 0.6) is 0 Å². The first kappa shape index (κ1) is 26.8. The monoisotopic (exact) mass is 538 g/mol. The van der Waals surface area contributed by atoms with Crippen LogP contribution in [0.1, 0.15) is 42.3 Å². The van der Waals surface area contributed by atoms with E-state index in [2.05, 4.69) is 16.0 Å². The first-order valence-corrected chi connectivity index (χ1v) is 13.0. The van der Waals surface area contributed by atoms with Crippen molar-refractivity contribution in [3.8, 4) is 28.6 Å². The number of aromatic nitrogens is 3. The van der Waals surface area contributed by atoms with E-state index in [9.17, 15) is 14.7 Å². The number of ether oxygens (including phenoxy) is 1. The number of aliphatic hydroxyl groups is 1. The lowest BCUT2D eigenvalue weighted by Crippen LogP contribution is -2.51. The number of hydrogen-bond acceptors (Lipinski definition) is 7. The number of amides is 2. The molecule has 2 amide bonds. The van der Waals surface area contributed by atoms with E-state index in [0.29, 0.717) is 54.2 Å². The molecule has 0 spiro atoms. The summed E-state index contributed by atoms with van der Waals surface area (Å²) >= 11 is 0. The Balaban J connectivity index is 1.35. The van der Waals surface area contributed by atoms with E-state index in [1.54, 1.807) is 46.5 Å². The number of carbonyl (C=O) groups excluding carboxylic acids is 2. The van der Waals surface area contributed by atoms with Crippen LogP contribution in [-0.4, -0.2) is 73.1 Å². The van der Waals surface area contributed by atoms with Gasteiger partial charge in [-0.05, 0) is 50.6 Å². The zero-order valence-electron chi connectivity index (χ0n) is 22.7. The molecule has 10 nitrogen and oxygen atoms in total. The van der Waals surface area contributed by atoms with Crippen LogP contribution in [0, 0.1) is 11.3 Å². The summed E-state index contributed by atoms with van der Waals surface area (Å²) in [4.78, 5) is 38.0. The van der Waals surface area contributed by atoms with Gasteiger partial charge in [-0.1, -0.05) is 18.2 Å². The van der Waals surface area contributed by atoms with E-state index in [-0.39, 0.29) is 18.6 Å². The van der Waals surface area contributed by atoms with Crippen molar-refractivity contribution in [2.75, 3.05) is 26.2 Å². The molecule has 0 aliphatic carbocycles. The van der Waals surface area contributed by atoms with Gasteiger partial charge in [-0.25, -0.2) is 9.78 Å². The molecule has 0 bridgehead atoms. The third kappa shape index (κ3) is 5.51. The molecule has 40 heavy (non-hydrogen) atoms. The van der Waals surface area contributed by atoms with E-state index in [1.165, 1.54) is 0 Å². The molecule has 1 aliphatic heterocycles. The number of carbonyl (C=O) groups is 2. The minimum Gasteiger partial charge on any atom is -0.444 e. The molecular weight excluding hydrogens is 508 g/mol. The summed E-state index contributed by atoms with van der Waals surface area (Å²) < 4.78 is 7.36. The Bertz CT molecular complexity index is 1610. The number of hydrogen-bond donors (Lipinski definition) is 1. The van der Waals surface area contributed by atoms with Crippen molar-refractivity contribution >= 4 is 17.6 Å². The predicted molar refractivity (Wildman–Crippen MR) is 148 cm³/mol. The number of nitrogens with zero attached hydrogens (tertiary/aromatic N) is 6. The summed E-state index contributed by atoms with van der Waals surface area (Å²) in [6.07, 6.45) is 4.91. The van der Waals surface area contributed by atoms with Crippen molar-refractivity contribution in [1.29, 1.82) is 5.26 Å². The van der Waals surface area contributed by atoms with Gasteiger partial charge in [0.05, 0.1) is 42.0 Å². The minimum atomic E-state index is -0.579. The van der Waals surface area contributed by atoms with E-state index in [4.69, 9.17) is 10.00 Å². The maximum absolute atomic E-state index is 13.4. The molecule has 204 valence electrons. The Morgan fingerprint density at radius 3 is 2.30 bits per heavy atom. The van der Waals surface area contributed by atoms with Crippen molar-refractivity contribution in [1.82, 2.24) is 24.2 Å². The maximum Gasteiger partial charge on any atom is 0.410 e. The SMILES string of the molecule is CC(C)(C)OC(=O)N1CCN(C(=O)c2ccc(-c3cn4c(-c5ccc(C#N)cc5)cnc4cn3)cc2CO)CC1. The van der Waals surface area contributed by atoms with Crippen molar-refractivity contribution in [3.05, 3.63) is 77.7 Å². The molecule has 5 rings (SSSR count). The average Bonchev–Trinajstić information content (AvgIpc) is 3.39. The molecule has 1 saturated heterocycles. The van der Waals surface area contributed by atoms with Gasteiger partial charge in [0.15, 0.2) is 5.65 Å². The Morgan fingerprint density at radius 1 is 0.975 bits per heavy atom. The number of benzene rings is 2. The zero-order valence-corrected chi connectivity index (χ0v) is 22.7. The lowest BCUT2D eigenvalue weighted by Gasteiger charge is -2.35. The number of piperazine rings is 1. The highest BCUT2D eigenvalue weighted by molar-refractivity contribution is 5.96. The summed E-state index contributed by atoms with van der Waals surface area (Å²) in [6.45, 7) is 6.67. The quantitative estimate of drug-likeness (QED) is 0.414. The highest BCUT2D eigenvalue weighted by atomic mass is 16.6. The van der Waals surface area contributed by atoms with Gasteiger partial charge >= 0.3 is 6.09 Å². The highest BCUT2D eigenvalue weighted by Gasteiger charge is 2.29. The fourth-order valence-corrected chi connectivity index (χ4v) is 4.65. The van der Waals surface area contributed by atoms with Crippen LogP contribution in [-0.2, 0) is 11.3 Å².